The van der Waals surface area contributed by atoms with Gasteiger partial charge >= 0.3 is 0 Å². The highest BCUT2D eigenvalue weighted by atomic mass is 32.1. The van der Waals surface area contributed by atoms with Crippen LogP contribution >= 0.6 is 11.3 Å². The van der Waals surface area contributed by atoms with Crippen LogP contribution in [0.3, 0.4) is 0 Å². The third-order valence-electron chi connectivity index (χ3n) is 7.33. The fourth-order valence-corrected chi connectivity index (χ4v) is 5.80. The van der Waals surface area contributed by atoms with E-state index < -0.39 is 0 Å². The van der Waals surface area contributed by atoms with Crippen LogP contribution in [0.4, 0.5) is 11.6 Å². The lowest BCUT2D eigenvalue weighted by molar-refractivity contribution is 0.414. The Morgan fingerprint density at radius 2 is 1.80 bits per heavy atom. The molecular formula is C25H33N9S. The summed E-state index contributed by atoms with van der Waals surface area (Å²) < 4.78 is 0. The monoisotopic (exact) mass is 491 g/mol. The van der Waals surface area contributed by atoms with E-state index >= 15 is 0 Å². The molecule has 6 rings (SSSR count). The Labute approximate surface area is 210 Å². The van der Waals surface area contributed by atoms with Gasteiger partial charge in [-0.25, -0.2) is 4.98 Å². The standard InChI is InChI=1S/C25H33N9S/c1-17(24-31-32-25(35-24)21-14-26-15-23(28-21)33-10-2-3-11-33)20-8-9-22(30-29-20)34-12-4-5-19(16-34)27-13-18-6-7-18/h8-9,14-15,17-19,27H,2-7,10-13,16H2,1H3. The van der Waals surface area contributed by atoms with Crippen LogP contribution in [0.25, 0.3) is 10.7 Å². The van der Waals surface area contributed by atoms with Crippen molar-refractivity contribution in [2.75, 3.05) is 42.5 Å². The van der Waals surface area contributed by atoms with Crippen molar-refractivity contribution in [2.45, 2.75) is 57.4 Å². The first-order valence-corrected chi connectivity index (χ1v) is 13.8. The number of anilines is 2. The summed E-state index contributed by atoms with van der Waals surface area (Å²) in [5, 5.41) is 23.5. The second-order valence-electron chi connectivity index (χ2n) is 10.1. The SMILES string of the molecule is CC(c1ccc(N2CCCC(NCC3CC3)C2)nn1)c1nnc(-c2cncc(N3CCCC3)n2)s1. The van der Waals surface area contributed by atoms with E-state index in [1.807, 2.05) is 6.20 Å². The predicted molar refractivity (Wildman–Crippen MR) is 138 cm³/mol. The third-order valence-corrected chi connectivity index (χ3v) is 8.46. The van der Waals surface area contributed by atoms with Crippen molar-refractivity contribution in [3.8, 4) is 10.7 Å². The molecule has 0 aromatic carbocycles. The van der Waals surface area contributed by atoms with Crippen LogP contribution in [-0.2, 0) is 0 Å². The van der Waals surface area contributed by atoms with Crippen LogP contribution in [0, 0.1) is 5.92 Å². The van der Waals surface area contributed by atoms with Gasteiger partial charge in [0.05, 0.1) is 24.0 Å². The molecule has 9 nitrogen and oxygen atoms in total. The van der Waals surface area contributed by atoms with Crippen molar-refractivity contribution < 1.29 is 0 Å². The summed E-state index contributed by atoms with van der Waals surface area (Å²) in [6.45, 7) is 7.41. The molecule has 2 aliphatic heterocycles. The molecule has 3 aromatic heterocycles. The van der Waals surface area contributed by atoms with Gasteiger partial charge in [-0.15, -0.1) is 15.3 Å². The van der Waals surface area contributed by atoms with Crippen LogP contribution in [0.2, 0.25) is 0 Å². The average Bonchev–Trinajstić information content (AvgIpc) is 3.35. The maximum absolute atomic E-state index is 4.80. The maximum Gasteiger partial charge on any atom is 0.167 e. The smallest absolute Gasteiger partial charge is 0.167 e. The molecule has 1 aliphatic carbocycles. The lowest BCUT2D eigenvalue weighted by Gasteiger charge is -2.34. The Balaban J connectivity index is 1.11. The van der Waals surface area contributed by atoms with E-state index in [-0.39, 0.29) is 5.92 Å². The second-order valence-corrected chi connectivity index (χ2v) is 11.1. The highest BCUT2D eigenvalue weighted by Crippen LogP contribution is 2.31. The number of rotatable bonds is 8. The maximum atomic E-state index is 4.80. The largest absolute Gasteiger partial charge is 0.355 e. The van der Waals surface area contributed by atoms with Gasteiger partial charge in [0.1, 0.15) is 16.5 Å². The van der Waals surface area contributed by atoms with Gasteiger partial charge in [-0.2, -0.15) is 5.10 Å². The molecule has 0 spiro atoms. The summed E-state index contributed by atoms with van der Waals surface area (Å²) in [5.41, 5.74) is 1.69. The summed E-state index contributed by atoms with van der Waals surface area (Å²) in [6.07, 6.45) is 11.3. The van der Waals surface area contributed by atoms with Gasteiger partial charge in [0.15, 0.2) is 10.8 Å². The number of piperidine rings is 1. The van der Waals surface area contributed by atoms with Gasteiger partial charge in [0.2, 0.25) is 0 Å². The van der Waals surface area contributed by atoms with Gasteiger partial charge in [0.25, 0.3) is 0 Å². The first-order chi connectivity index (χ1) is 17.2. The molecule has 184 valence electrons. The zero-order valence-electron chi connectivity index (χ0n) is 20.3. The molecule has 10 heteroatoms. The fraction of sp³-hybridized carbons (Fsp3) is 0.600. The molecule has 1 saturated carbocycles. The molecule has 3 fully saturated rings. The molecule has 2 saturated heterocycles. The average molecular weight is 492 g/mol. The zero-order valence-corrected chi connectivity index (χ0v) is 21.1. The molecule has 35 heavy (non-hydrogen) atoms. The molecule has 0 radical (unpaired) electrons. The highest BCUT2D eigenvalue weighted by molar-refractivity contribution is 7.14. The molecule has 5 heterocycles. The number of hydrogen-bond acceptors (Lipinski definition) is 10. The summed E-state index contributed by atoms with van der Waals surface area (Å²) in [5.74, 6) is 2.82. The molecule has 1 N–H and O–H groups in total. The van der Waals surface area contributed by atoms with Crippen LogP contribution in [0.5, 0.6) is 0 Å². The minimum absolute atomic E-state index is 0.0202. The fourth-order valence-electron chi connectivity index (χ4n) is 4.94. The Morgan fingerprint density at radius 1 is 0.943 bits per heavy atom. The van der Waals surface area contributed by atoms with Crippen molar-refractivity contribution >= 4 is 23.0 Å². The van der Waals surface area contributed by atoms with E-state index in [2.05, 4.69) is 59.6 Å². The van der Waals surface area contributed by atoms with Gasteiger partial charge in [-0.05, 0) is 63.1 Å². The zero-order chi connectivity index (χ0) is 23.6. The summed E-state index contributed by atoms with van der Waals surface area (Å²) in [7, 11) is 0. The van der Waals surface area contributed by atoms with Crippen molar-refractivity contribution in [3.63, 3.8) is 0 Å². The van der Waals surface area contributed by atoms with Crippen molar-refractivity contribution in [1.29, 1.82) is 0 Å². The van der Waals surface area contributed by atoms with Crippen molar-refractivity contribution in [1.82, 2.24) is 35.7 Å². The minimum Gasteiger partial charge on any atom is -0.355 e. The first kappa shape index (κ1) is 22.7. The summed E-state index contributed by atoms with van der Waals surface area (Å²) >= 11 is 1.56. The van der Waals surface area contributed by atoms with Gasteiger partial charge in [-0.3, -0.25) is 4.98 Å². The molecule has 3 aliphatic rings. The molecule has 0 amide bonds. The van der Waals surface area contributed by atoms with E-state index in [4.69, 9.17) is 4.98 Å². The second kappa shape index (κ2) is 10.1. The summed E-state index contributed by atoms with van der Waals surface area (Å²) in [4.78, 5) is 13.9. The van der Waals surface area contributed by atoms with E-state index in [0.29, 0.717) is 6.04 Å². The Morgan fingerprint density at radius 3 is 2.60 bits per heavy atom. The number of nitrogens with zero attached hydrogens (tertiary/aromatic N) is 8. The molecule has 2 atom stereocenters. The molecule has 0 bridgehead atoms. The van der Waals surface area contributed by atoms with Gasteiger partial charge in [0, 0.05) is 32.2 Å². The van der Waals surface area contributed by atoms with Crippen LogP contribution < -0.4 is 15.1 Å². The molecule has 2 unspecified atom stereocenters. The van der Waals surface area contributed by atoms with E-state index in [0.717, 1.165) is 65.1 Å². The van der Waals surface area contributed by atoms with Crippen LogP contribution in [0.1, 0.15) is 62.1 Å². The number of hydrogen-bond donors (Lipinski definition) is 1. The van der Waals surface area contributed by atoms with Crippen molar-refractivity contribution in [2.24, 2.45) is 5.92 Å². The summed E-state index contributed by atoms with van der Waals surface area (Å²) in [6, 6.07) is 4.75. The lowest BCUT2D eigenvalue weighted by Crippen LogP contribution is -2.46. The predicted octanol–water partition coefficient (Wildman–Crippen LogP) is 3.51. The Hall–Kier alpha value is -2.72. The lowest BCUT2D eigenvalue weighted by atomic mass is 10.1. The van der Waals surface area contributed by atoms with E-state index in [1.165, 1.54) is 45.1 Å². The highest BCUT2D eigenvalue weighted by Gasteiger charge is 2.26. The van der Waals surface area contributed by atoms with Crippen molar-refractivity contribution in [3.05, 3.63) is 35.2 Å². The van der Waals surface area contributed by atoms with Crippen LogP contribution in [-0.4, -0.2) is 69.1 Å². The molecule has 3 aromatic rings. The Kier molecular flexibility index (Phi) is 6.56. The molecular weight excluding hydrogens is 458 g/mol. The number of nitrogens with one attached hydrogen (secondary N) is 1. The first-order valence-electron chi connectivity index (χ1n) is 13.0. The number of aromatic nitrogens is 6. The van der Waals surface area contributed by atoms with E-state index in [9.17, 15) is 0 Å². The quantitative estimate of drug-likeness (QED) is 0.508. The van der Waals surface area contributed by atoms with Gasteiger partial charge in [-0.1, -0.05) is 18.3 Å². The third kappa shape index (κ3) is 5.28. The topological polar surface area (TPSA) is 95.8 Å². The van der Waals surface area contributed by atoms with E-state index in [1.54, 1.807) is 17.5 Å². The minimum atomic E-state index is 0.0202. The van der Waals surface area contributed by atoms with Crippen LogP contribution in [0.15, 0.2) is 24.5 Å². The van der Waals surface area contributed by atoms with Gasteiger partial charge < -0.3 is 15.1 Å². The normalized spacial score (nSPS) is 21.5. The Bertz CT molecular complexity index is 1120.